The third-order valence-corrected chi connectivity index (χ3v) is 4.94. The van der Waals surface area contributed by atoms with E-state index in [1.807, 2.05) is 0 Å². The molecule has 0 aliphatic carbocycles. The molecule has 0 saturated carbocycles. The van der Waals surface area contributed by atoms with Gasteiger partial charge in [0, 0.05) is 0 Å². The Morgan fingerprint density at radius 1 is 0.786 bits per heavy atom. The van der Waals surface area contributed by atoms with E-state index in [0.29, 0.717) is 0 Å². The highest BCUT2D eigenvalue weighted by molar-refractivity contribution is 5.81. The Morgan fingerprint density at radius 2 is 1.36 bits per heavy atom. The largest absolute Gasteiger partial charge is 0.388 e. The topological polar surface area (TPSA) is 220 Å². The Hall–Kier alpha value is -1.97. The quantitative estimate of drug-likeness (QED) is 0.244. The van der Waals surface area contributed by atoms with Crippen molar-refractivity contribution < 1.29 is 40.1 Å². The summed E-state index contributed by atoms with van der Waals surface area (Å²) in [5.74, 6) is 0.0512. The lowest BCUT2D eigenvalue weighted by Crippen LogP contribution is -2.49. The summed E-state index contributed by atoms with van der Waals surface area (Å²) < 4.78 is 10.7. The van der Waals surface area contributed by atoms with Crippen molar-refractivity contribution in [2.45, 2.75) is 48.8 Å². The molecule has 0 spiro atoms. The Kier molecular flexibility index (Phi) is 4.93. The predicted octanol–water partition coefficient (Wildman–Crippen LogP) is -3.76. The summed E-state index contributed by atoms with van der Waals surface area (Å²) in [6.45, 7) is -0.424. The van der Waals surface area contributed by atoms with Gasteiger partial charge in [-0.2, -0.15) is 0 Å². The van der Waals surface area contributed by atoms with Crippen LogP contribution in [0.4, 0.5) is 5.82 Å². The molecule has 28 heavy (non-hydrogen) atoms. The van der Waals surface area contributed by atoms with E-state index in [4.69, 9.17) is 15.2 Å². The molecule has 2 unspecified atom stereocenters. The van der Waals surface area contributed by atoms with Crippen LogP contribution in [0.25, 0.3) is 11.2 Å². The van der Waals surface area contributed by atoms with Crippen LogP contribution in [0.5, 0.6) is 0 Å². The van der Waals surface area contributed by atoms with E-state index in [9.17, 15) is 30.6 Å². The van der Waals surface area contributed by atoms with Crippen molar-refractivity contribution in [3.63, 3.8) is 0 Å². The lowest BCUT2D eigenvalue weighted by atomic mass is 9.99. The number of ether oxygens (including phenoxy) is 2. The summed E-state index contributed by atoms with van der Waals surface area (Å²) in [4.78, 5) is 15.3. The third kappa shape index (κ3) is 3.11. The fourth-order valence-corrected chi connectivity index (χ4v) is 3.30. The molecule has 4 heterocycles. The van der Waals surface area contributed by atoms with Gasteiger partial charge in [-0.3, -0.25) is 0 Å². The van der Waals surface area contributed by atoms with Gasteiger partial charge in [0.25, 0.3) is 0 Å². The molecule has 2 fully saturated rings. The van der Waals surface area contributed by atoms with Crippen molar-refractivity contribution in [3.05, 3.63) is 11.6 Å². The van der Waals surface area contributed by atoms with E-state index in [1.165, 1.54) is 0 Å². The van der Waals surface area contributed by atoms with Gasteiger partial charge in [-0.25, -0.2) is 15.0 Å². The zero-order valence-corrected chi connectivity index (χ0v) is 14.5. The molecule has 0 radical (unpaired) electrons. The van der Waals surface area contributed by atoms with Crippen molar-refractivity contribution in [2.24, 2.45) is 0 Å². The Balaban J connectivity index is 1.67. The second kappa shape index (κ2) is 7.13. The molecule has 154 valence electrons. The average Bonchev–Trinajstić information content (AvgIpc) is 3.09. The van der Waals surface area contributed by atoms with Crippen molar-refractivity contribution in [1.82, 2.24) is 19.9 Å². The number of rotatable bonds is 2. The number of nitrogens with zero attached hydrogens (tertiary/aromatic N) is 3. The molecule has 2 aromatic rings. The molecule has 4 rings (SSSR count). The second-order valence-corrected chi connectivity index (χ2v) is 6.89. The van der Waals surface area contributed by atoms with Crippen LogP contribution in [0.15, 0.2) is 0 Å². The van der Waals surface area contributed by atoms with Crippen molar-refractivity contribution >= 4 is 17.0 Å². The molecule has 2 saturated heterocycles. The number of hydrogen-bond donors (Lipinski definition) is 8. The number of nitrogens with two attached hydrogens (primary N) is 1. The minimum atomic E-state index is -1.47. The van der Waals surface area contributed by atoms with Crippen molar-refractivity contribution in [2.75, 3.05) is 18.9 Å². The standard InChI is InChI=1S/C15H21N5O8/c16-12-5-13(19-14(17-5)10-8(25)6(23)3(21)1-27-10)20-15(18-12)11-9(26)7(24)4(22)2-28-11/h3-4,6-11,21-26H,1-2H2,(H3,16,17,18,19,20)/t3-,4-,6-,7-,8+,9+,10?,11?/m1/s1. The molecule has 8 atom stereocenters. The van der Waals surface area contributed by atoms with E-state index in [0.717, 1.165) is 0 Å². The van der Waals surface area contributed by atoms with Crippen LogP contribution in [0.3, 0.4) is 0 Å². The third-order valence-electron chi connectivity index (χ3n) is 4.94. The number of imidazole rings is 1. The molecule has 2 aliphatic rings. The molecule has 2 aromatic heterocycles. The second-order valence-electron chi connectivity index (χ2n) is 6.89. The number of aromatic amines is 1. The predicted molar refractivity (Wildman–Crippen MR) is 89.5 cm³/mol. The monoisotopic (exact) mass is 399 g/mol. The van der Waals surface area contributed by atoms with Gasteiger partial charge < -0.3 is 50.8 Å². The van der Waals surface area contributed by atoms with Crippen LogP contribution in [0, 0.1) is 0 Å². The van der Waals surface area contributed by atoms with Crippen LogP contribution in [-0.4, -0.2) is 100 Å². The van der Waals surface area contributed by atoms with Crippen LogP contribution < -0.4 is 5.73 Å². The fraction of sp³-hybridized carbons (Fsp3) is 0.667. The number of H-pyrrole nitrogens is 1. The molecule has 0 aromatic carbocycles. The number of aromatic nitrogens is 4. The van der Waals surface area contributed by atoms with Gasteiger partial charge >= 0.3 is 0 Å². The van der Waals surface area contributed by atoms with E-state index >= 15 is 0 Å². The summed E-state index contributed by atoms with van der Waals surface area (Å²) in [7, 11) is 0. The van der Waals surface area contributed by atoms with Crippen molar-refractivity contribution in [1.29, 1.82) is 0 Å². The first kappa shape index (κ1) is 19.4. The highest BCUT2D eigenvalue weighted by Gasteiger charge is 2.42. The summed E-state index contributed by atoms with van der Waals surface area (Å²) in [6, 6.07) is 0. The molecule has 13 heteroatoms. The summed E-state index contributed by atoms with van der Waals surface area (Å²) in [5, 5.41) is 59.1. The Morgan fingerprint density at radius 3 is 2.00 bits per heavy atom. The zero-order chi connectivity index (χ0) is 20.2. The smallest absolute Gasteiger partial charge is 0.183 e. The minimum absolute atomic E-state index is 0.0268. The number of aliphatic hydroxyl groups excluding tert-OH is 6. The van der Waals surface area contributed by atoms with Crippen LogP contribution in [-0.2, 0) is 9.47 Å². The number of anilines is 1. The SMILES string of the molecule is Nc1nc(C2OC[C@@H](O)[C@@H](O)[C@@H]2O)nc2nc(C3OC[C@@H](O)[C@@H](O)[C@@H]3O)[nH]c12. The average molecular weight is 399 g/mol. The summed E-state index contributed by atoms with van der Waals surface area (Å²) >= 11 is 0. The molecule has 0 amide bonds. The van der Waals surface area contributed by atoms with E-state index in [2.05, 4.69) is 19.9 Å². The number of aliphatic hydroxyl groups is 6. The Labute approximate surface area is 157 Å². The molecule has 13 nitrogen and oxygen atoms in total. The molecule has 0 bridgehead atoms. The van der Waals surface area contributed by atoms with Gasteiger partial charge in [0.05, 0.1) is 13.2 Å². The first-order valence-electron chi connectivity index (χ1n) is 8.62. The van der Waals surface area contributed by atoms with E-state index in [-0.39, 0.29) is 41.8 Å². The van der Waals surface area contributed by atoms with Gasteiger partial charge in [0.1, 0.15) is 60.2 Å². The number of hydrogen-bond acceptors (Lipinski definition) is 12. The van der Waals surface area contributed by atoms with Gasteiger partial charge in [0.15, 0.2) is 17.3 Å². The first-order valence-corrected chi connectivity index (χ1v) is 8.62. The van der Waals surface area contributed by atoms with Crippen LogP contribution >= 0.6 is 0 Å². The maximum atomic E-state index is 10.1. The zero-order valence-electron chi connectivity index (χ0n) is 14.5. The minimum Gasteiger partial charge on any atom is -0.388 e. The van der Waals surface area contributed by atoms with E-state index in [1.54, 1.807) is 0 Å². The van der Waals surface area contributed by atoms with Gasteiger partial charge in [-0.05, 0) is 0 Å². The normalized spacial score (nSPS) is 39.4. The van der Waals surface area contributed by atoms with Crippen molar-refractivity contribution in [3.8, 4) is 0 Å². The lowest BCUT2D eigenvalue weighted by Gasteiger charge is -2.34. The fourth-order valence-electron chi connectivity index (χ4n) is 3.30. The maximum Gasteiger partial charge on any atom is 0.183 e. The highest BCUT2D eigenvalue weighted by atomic mass is 16.5. The number of nitrogen functional groups attached to an aromatic ring is 1. The van der Waals surface area contributed by atoms with Crippen LogP contribution in [0.2, 0.25) is 0 Å². The number of fused-ring (bicyclic) bond motifs is 1. The molecular formula is C15H21N5O8. The first-order chi connectivity index (χ1) is 13.3. The maximum absolute atomic E-state index is 10.1. The number of nitrogens with one attached hydrogen (secondary N) is 1. The highest BCUT2D eigenvalue weighted by Crippen LogP contribution is 2.31. The molecule has 2 aliphatic heterocycles. The molecule has 9 N–H and O–H groups in total. The van der Waals surface area contributed by atoms with Gasteiger partial charge in [0.2, 0.25) is 0 Å². The Bertz CT molecular complexity index is 864. The van der Waals surface area contributed by atoms with Gasteiger partial charge in [-0.15, -0.1) is 0 Å². The summed E-state index contributed by atoms with van der Waals surface area (Å²) in [5.41, 5.74) is 6.26. The summed E-state index contributed by atoms with van der Waals surface area (Å²) in [6.07, 6.45) is -10.4. The lowest BCUT2D eigenvalue weighted by molar-refractivity contribution is -0.191. The van der Waals surface area contributed by atoms with E-state index < -0.39 is 48.8 Å². The van der Waals surface area contributed by atoms with Crippen LogP contribution in [0.1, 0.15) is 23.9 Å². The van der Waals surface area contributed by atoms with Gasteiger partial charge in [-0.1, -0.05) is 0 Å². The molecular weight excluding hydrogens is 378 g/mol.